The zero-order chi connectivity index (χ0) is 8.77. The summed E-state index contributed by atoms with van der Waals surface area (Å²) in [5.41, 5.74) is 2.94. The van der Waals surface area contributed by atoms with Crippen LogP contribution in [0.2, 0.25) is 0 Å². The topological polar surface area (TPSA) is 29.9 Å². The van der Waals surface area contributed by atoms with Gasteiger partial charge < -0.3 is 0 Å². The Morgan fingerprint density at radius 3 is 2.92 bits per heavy atom. The van der Waals surface area contributed by atoms with Crippen molar-refractivity contribution >= 4 is 0 Å². The van der Waals surface area contributed by atoms with E-state index in [0.717, 1.165) is 13.2 Å². The van der Waals surface area contributed by atoms with Crippen LogP contribution in [-0.2, 0) is 18.6 Å². The summed E-state index contributed by atoms with van der Waals surface area (Å²) in [5.74, 6) is 0. The molecule has 0 atom stereocenters. The average Bonchev–Trinajstić information content (AvgIpc) is 2.37. The predicted molar refractivity (Wildman–Crippen MR) is 47.8 cm³/mol. The van der Waals surface area contributed by atoms with Crippen LogP contribution >= 0.6 is 0 Å². The van der Waals surface area contributed by atoms with Crippen LogP contribution in [0.15, 0.2) is 6.20 Å². The number of aromatic nitrogens is 2. The molecule has 2 heterocycles. The Morgan fingerprint density at radius 1 is 1.50 bits per heavy atom. The summed E-state index contributed by atoms with van der Waals surface area (Å²) in [5, 5.41) is 7.60. The third-order valence-electron chi connectivity index (χ3n) is 2.31. The first kappa shape index (κ1) is 7.80. The molecule has 0 spiro atoms. The lowest BCUT2D eigenvalue weighted by Crippen LogP contribution is -2.13. The van der Waals surface area contributed by atoms with Crippen LogP contribution in [0.25, 0.3) is 0 Å². The van der Waals surface area contributed by atoms with Crippen molar-refractivity contribution in [3.8, 4) is 0 Å². The van der Waals surface area contributed by atoms with E-state index in [9.17, 15) is 0 Å². The summed E-state index contributed by atoms with van der Waals surface area (Å²) < 4.78 is 2.04. The highest BCUT2D eigenvalue weighted by atomic mass is 15.4. The monoisotopic (exact) mass is 165 g/mol. The molecule has 0 aliphatic carbocycles. The lowest BCUT2D eigenvalue weighted by molar-refractivity contribution is 0.581. The van der Waals surface area contributed by atoms with Crippen molar-refractivity contribution in [3.05, 3.63) is 17.5 Å². The number of nitrogens with zero attached hydrogens (tertiary/aromatic N) is 2. The molecule has 0 radical (unpaired) electrons. The number of nitrogens with one attached hydrogen (secondary N) is 1. The fraction of sp³-hybridized carbons (Fsp3) is 0.667. The van der Waals surface area contributed by atoms with E-state index in [1.54, 1.807) is 0 Å². The van der Waals surface area contributed by atoms with Gasteiger partial charge in [-0.05, 0) is 5.41 Å². The minimum Gasteiger partial charge on any atom is -0.293 e. The predicted octanol–water partition coefficient (Wildman–Crippen LogP) is 1.24. The molecule has 12 heavy (non-hydrogen) atoms. The number of hydrogen-bond donors (Lipinski definition) is 1. The van der Waals surface area contributed by atoms with E-state index in [2.05, 4.69) is 31.2 Å². The minimum absolute atomic E-state index is 0.222. The maximum absolute atomic E-state index is 4.32. The van der Waals surface area contributed by atoms with Gasteiger partial charge in [-0.25, -0.2) is 0 Å². The Kier molecular flexibility index (Phi) is 1.51. The highest BCUT2D eigenvalue weighted by Gasteiger charge is 2.24. The lowest BCUT2D eigenvalue weighted by Gasteiger charge is -2.17. The Labute approximate surface area is 72.8 Å². The zero-order valence-corrected chi connectivity index (χ0v) is 7.89. The summed E-state index contributed by atoms with van der Waals surface area (Å²) in [7, 11) is 0. The van der Waals surface area contributed by atoms with Gasteiger partial charge in [0.2, 0.25) is 0 Å². The molecule has 0 saturated heterocycles. The largest absolute Gasteiger partial charge is 0.293 e. The Hall–Kier alpha value is -0.830. The number of hydrogen-bond acceptors (Lipinski definition) is 2. The van der Waals surface area contributed by atoms with Gasteiger partial charge in [0.15, 0.2) is 0 Å². The molecule has 0 fully saturated rings. The van der Waals surface area contributed by atoms with Gasteiger partial charge >= 0.3 is 0 Å². The number of rotatable bonds is 0. The van der Waals surface area contributed by atoms with Gasteiger partial charge in [0.25, 0.3) is 0 Å². The first-order chi connectivity index (χ1) is 5.59. The minimum atomic E-state index is 0.222. The average molecular weight is 165 g/mol. The van der Waals surface area contributed by atoms with E-state index < -0.39 is 0 Å². The molecule has 2 rings (SSSR count). The molecule has 1 aliphatic rings. The van der Waals surface area contributed by atoms with Gasteiger partial charge in [0, 0.05) is 12.1 Å². The zero-order valence-electron chi connectivity index (χ0n) is 7.89. The van der Waals surface area contributed by atoms with Crippen molar-refractivity contribution in [1.82, 2.24) is 15.1 Å². The Morgan fingerprint density at radius 2 is 2.25 bits per heavy atom. The quantitative estimate of drug-likeness (QED) is 0.627. The lowest BCUT2D eigenvalue weighted by atomic mass is 9.87. The summed E-state index contributed by atoms with van der Waals surface area (Å²) in [6.07, 6.45) is 2.00. The summed E-state index contributed by atoms with van der Waals surface area (Å²) in [6, 6.07) is 0. The Balaban J connectivity index is 2.46. The van der Waals surface area contributed by atoms with Crippen molar-refractivity contribution in [2.75, 3.05) is 0 Å². The maximum atomic E-state index is 4.32. The van der Waals surface area contributed by atoms with Crippen LogP contribution in [0.4, 0.5) is 0 Å². The second kappa shape index (κ2) is 2.33. The van der Waals surface area contributed by atoms with Crippen LogP contribution in [0.1, 0.15) is 32.0 Å². The van der Waals surface area contributed by atoms with Crippen LogP contribution in [-0.4, -0.2) is 9.78 Å². The van der Waals surface area contributed by atoms with Crippen molar-refractivity contribution in [2.24, 2.45) is 0 Å². The van der Waals surface area contributed by atoms with E-state index in [1.165, 1.54) is 11.3 Å². The second-order valence-electron chi connectivity index (χ2n) is 4.34. The van der Waals surface area contributed by atoms with E-state index >= 15 is 0 Å². The highest BCUT2D eigenvalue weighted by molar-refractivity contribution is 5.26. The second-order valence-corrected chi connectivity index (χ2v) is 4.34. The molecule has 0 unspecified atom stereocenters. The molecule has 3 nitrogen and oxygen atoms in total. The standard InChI is InChI=1S/C9H15N3/c1-9(2,3)7-4-11-12-6-10-5-8(7)12/h4,10H,5-6H2,1-3H3. The van der Waals surface area contributed by atoms with Gasteiger partial charge in [0.1, 0.15) is 0 Å². The molecule has 1 aromatic rings. The molecule has 0 amide bonds. The molecule has 0 aromatic carbocycles. The maximum Gasteiger partial charge on any atom is 0.0910 e. The van der Waals surface area contributed by atoms with Crippen LogP contribution < -0.4 is 5.32 Å². The third-order valence-corrected chi connectivity index (χ3v) is 2.31. The molecule has 0 bridgehead atoms. The first-order valence-electron chi connectivity index (χ1n) is 4.35. The van der Waals surface area contributed by atoms with Gasteiger partial charge in [-0.3, -0.25) is 10.00 Å². The smallest absolute Gasteiger partial charge is 0.0910 e. The highest BCUT2D eigenvalue weighted by Crippen LogP contribution is 2.26. The van der Waals surface area contributed by atoms with Crippen LogP contribution in [0.5, 0.6) is 0 Å². The molecule has 1 aliphatic heterocycles. The Bertz CT molecular complexity index is 293. The summed E-state index contributed by atoms with van der Waals surface area (Å²) >= 11 is 0. The van der Waals surface area contributed by atoms with Gasteiger partial charge in [-0.1, -0.05) is 20.8 Å². The third kappa shape index (κ3) is 1.05. The van der Waals surface area contributed by atoms with E-state index in [0.29, 0.717) is 0 Å². The van der Waals surface area contributed by atoms with E-state index in [4.69, 9.17) is 0 Å². The molecule has 66 valence electrons. The van der Waals surface area contributed by atoms with Gasteiger partial charge in [0.05, 0.1) is 18.6 Å². The molecule has 3 heteroatoms. The summed E-state index contributed by atoms with van der Waals surface area (Å²) in [6.45, 7) is 8.51. The van der Waals surface area contributed by atoms with Crippen molar-refractivity contribution in [2.45, 2.75) is 39.4 Å². The molecular weight excluding hydrogens is 150 g/mol. The normalized spacial score (nSPS) is 16.6. The van der Waals surface area contributed by atoms with Crippen LogP contribution in [0.3, 0.4) is 0 Å². The molecular formula is C9H15N3. The van der Waals surface area contributed by atoms with E-state index in [-0.39, 0.29) is 5.41 Å². The van der Waals surface area contributed by atoms with Crippen molar-refractivity contribution in [3.63, 3.8) is 0 Å². The molecule has 1 aromatic heterocycles. The van der Waals surface area contributed by atoms with E-state index in [1.807, 2.05) is 10.9 Å². The van der Waals surface area contributed by atoms with Crippen molar-refractivity contribution in [1.29, 1.82) is 0 Å². The fourth-order valence-corrected chi connectivity index (χ4v) is 1.64. The first-order valence-corrected chi connectivity index (χ1v) is 4.35. The summed E-state index contributed by atoms with van der Waals surface area (Å²) in [4.78, 5) is 0. The van der Waals surface area contributed by atoms with Gasteiger partial charge in [-0.2, -0.15) is 5.10 Å². The van der Waals surface area contributed by atoms with Gasteiger partial charge in [-0.15, -0.1) is 0 Å². The van der Waals surface area contributed by atoms with Crippen LogP contribution in [0, 0.1) is 0 Å². The fourth-order valence-electron chi connectivity index (χ4n) is 1.64. The molecule has 1 N–H and O–H groups in total. The SMILES string of the molecule is CC(C)(C)c1cnn2c1CNC2. The number of fused-ring (bicyclic) bond motifs is 1. The molecule has 0 saturated carbocycles. The van der Waals surface area contributed by atoms with Crippen molar-refractivity contribution < 1.29 is 0 Å².